The zero-order chi connectivity index (χ0) is 8.97. The number of hydrazine groups is 1. The number of hydrogen-bond acceptors (Lipinski definition) is 5. The van der Waals surface area contributed by atoms with Crippen LogP contribution in [0.25, 0.3) is 0 Å². The van der Waals surface area contributed by atoms with Gasteiger partial charge in [0.15, 0.2) is 0 Å². The average molecular weight is 168 g/mol. The van der Waals surface area contributed by atoms with E-state index < -0.39 is 5.97 Å². The van der Waals surface area contributed by atoms with E-state index in [1.165, 1.54) is 12.1 Å². The summed E-state index contributed by atoms with van der Waals surface area (Å²) in [7, 11) is 0. The Balaban J connectivity index is 2.87. The summed E-state index contributed by atoms with van der Waals surface area (Å²) < 4.78 is 0. The fourth-order valence-electron chi connectivity index (χ4n) is 0.755. The minimum absolute atomic E-state index is 0.0652. The number of aromatic hydroxyl groups is 1. The summed E-state index contributed by atoms with van der Waals surface area (Å²) in [6.07, 6.45) is 0. The summed E-state index contributed by atoms with van der Waals surface area (Å²) in [5, 5.41) is 9.14. The predicted molar refractivity (Wildman–Crippen MR) is 40.8 cm³/mol. The Bertz CT molecular complexity index is 288. The van der Waals surface area contributed by atoms with Crippen LogP contribution in [0, 0.1) is 0 Å². The average Bonchev–Trinajstić information content (AvgIpc) is 2.05. The molecule has 5 nitrogen and oxygen atoms in total. The summed E-state index contributed by atoms with van der Waals surface area (Å²) in [4.78, 5) is 15.2. The summed E-state index contributed by atoms with van der Waals surface area (Å²) in [5.74, 6) is 3.87. The molecule has 1 rings (SSSR count). The van der Waals surface area contributed by atoms with Gasteiger partial charge >= 0.3 is 5.97 Å². The van der Waals surface area contributed by atoms with Crippen LogP contribution in [0.2, 0.25) is 0 Å². The van der Waals surface area contributed by atoms with Crippen LogP contribution in [0.3, 0.4) is 0 Å². The largest absolute Gasteiger partial charge is 0.507 e. The van der Waals surface area contributed by atoms with E-state index in [2.05, 4.69) is 4.84 Å². The molecule has 0 aliphatic carbocycles. The highest BCUT2D eigenvalue weighted by atomic mass is 16.7. The van der Waals surface area contributed by atoms with Gasteiger partial charge in [-0.1, -0.05) is 17.7 Å². The first-order chi connectivity index (χ1) is 5.75. The van der Waals surface area contributed by atoms with E-state index in [1.54, 1.807) is 17.7 Å². The lowest BCUT2D eigenvalue weighted by Crippen LogP contribution is -2.26. The number of rotatable bonds is 2. The van der Waals surface area contributed by atoms with Crippen molar-refractivity contribution in [3.8, 4) is 5.75 Å². The summed E-state index contributed by atoms with van der Waals surface area (Å²) in [6.45, 7) is 0. The van der Waals surface area contributed by atoms with Crippen LogP contribution in [-0.2, 0) is 4.84 Å². The molecule has 1 aromatic rings. The summed E-state index contributed by atoms with van der Waals surface area (Å²) >= 11 is 0. The molecule has 0 unspecified atom stereocenters. The molecule has 4 N–H and O–H groups in total. The number of phenolic OH excluding ortho intramolecular Hbond substituents is 1. The third kappa shape index (κ3) is 1.71. The van der Waals surface area contributed by atoms with E-state index >= 15 is 0 Å². The molecule has 0 spiro atoms. The van der Waals surface area contributed by atoms with Crippen molar-refractivity contribution in [3.05, 3.63) is 29.8 Å². The number of carbonyl (C=O) groups excluding carboxylic acids is 1. The Morgan fingerprint density at radius 2 is 2.17 bits per heavy atom. The third-order valence-electron chi connectivity index (χ3n) is 1.28. The molecule has 5 heteroatoms. The molecule has 0 saturated carbocycles. The first kappa shape index (κ1) is 8.51. The van der Waals surface area contributed by atoms with E-state index in [4.69, 9.17) is 10.9 Å². The van der Waals surface area contributed by atoms with Crippen LogP contribution in [0.1, 0.15) is 10.4 Å². The minimum atomic E-state index is -0.726. The standard InChI is InChI=1S/C7H8N2O3/c8-9-12-7(11)5-3-1-2-4-6(5)10/h1-4,9-10H,8H2. The topological polar surface area (TPSA) is 84.6 Å². The van der Waals surface area contributed by atoms with Gasteiger partial charge in [-0.3, -0.25) is 0 Å². The van der Waals surface area contributed by atoms with Gasteiger partial charge in [-0.15, -0.1) is 0 Å². The fourth-order valence-corrected chi connectivity index (χ4v) is 0.755. The van der Waals surface area contributed by atoms with Crippen molar-refractivity contribution < 1.29 is 14.7 Å². The number of carbonyl (C=O) groups is 1. The van der Waals surface area contributed by atoms with Crippen LogP contribution >= 0.6 is 0 Å². The molecule has 0 saturated heterocycles. The minimum Gasteiger partial charge on any atom is -0.507 e. The van der Waals surface area contributed by atoms with Gasteiger partial charge < -0.3 is 9.94 Å². The summed E-state index contributed by atoms with van der Waals surface area (Å²) in [5.41, 5.74) is 1.80. The Morgan fingerprint density at radius 3 is 2.75 bits per heavy atom. The molecule has 0 radical (unpaired) electrons. The quantitative estimate of drug-likeness (QED) is 0.425. The lowest BCUT2D eigenvalue weighted by Gasteiger charge is -2.01. The van der Waals surface area contributed by atoms with Crippen molar-refractivity contribution >= 4 is 5.97 Å². The van der Waals surface area contributed by atoms with Crippen LogP contribution < -0.4 is 11.4 Å². The molecule has 1 aromatic carbocycles. The van der Waals surface area contributed by atoms with E-state index in [0.29, 0.717) is 0 Å². The normalized spacial score (nSPS) is 9.42. The van der Waals surface area contributed by atoms with Gasteiger partial charge in [0.25, 0.3) is 0 Å². The molecule has 0 aliphatic heterocycles. The molecular formula is C7H8N2O3. The number of benzene rings is 1. The number of nitrogens with one attached hydrogen (secondary N) is 1. The van der Waals surface area contributed by atoms with Crippen molar-refractivity contribution in [2.75, 3.05) is 0 Å². The number of phenols is 1. The molecule has 12 heavy (non-hydrogen) atoms. The summed E-state index contributed by atoms with van der Waals surface area (Å²) in [6, 6.07) is 6.01. The maximum absolute atomic E-state index is 10.9. The molecular weight excluding hydrogens is 160 g/mol. The van der Waals surface area contributed by atoms with Gasteiger partial charge in [0, 0.05) is 0 Å². The van der Waals surface area contributed by atoms with Crippen molar-refractivity contribution in [3.63, 3.8) is 0 Å². The lowest BCUT2D eigenvalue weighted by atomic mass is 10.2. The molecule has 0 amide bonds. The van der Waals surface area contributed by atoms with Crippen LogP contribution in [0.4, 0.5) is 0 Å². The second kappa shape index (κ2) is 3.70. The molecule has 0 aliphatic rings. The van der Waals surface area contributed by atoms with Gasteiger partial charge in [0.1, 0.15) is 11.3 Å². The second-order valence-corrected chi connectivity index (χ2v) is 2.02. The Hall–Kier alpha value is -1.59. The van der Waals surface area contributed by atoms with E-state index in [-0.39, 0.29) is 11.3 Å². The molecule has 0 fully saturated rings. The highest BCUT2D eigenvalue weighted by Gasteiger charge is 2.10. The predicted octanol–water partition coefficient (Wildman–Crippen LogP) is -0.0727. The number of hydrogen-bond donors (Lipinski definition) is 3. The maximum atomic E-state index is 10.9. The molecule has 64 valence electrons. The first-order valence-electron chi connectivity index (χ1n) is 3.20. The van der Waals surface area contributed by atoms with Crippen LogP contribution in [0.5, 0.6) is 5.75 Å². The fraction of sp³-hybridized carbons (Fsp3) is 0. The van der Waals surface area contributed by atoms with Gasteiger partial charge in [-0.25, -0.2) is 10.6 Å². The highest BCUT2D eigenvalue weighted by molar-refractivity contribution is 5.92. The molecule has 0 heterocycles. The molecule has 0 aromatic heterocycles. The zero-order valence-electron chi connectivity index (χ0n) is 6.15. The van der Waals surface area contributed by atoms with Crippen molar-refractivity contribution in [1.29, 1.82) is 0 Å². The van der Waals surface area contributed by atoms with E-state index in [0.717, 1.165) is 0 Å². The Morgan fingerprint density at radius 1 is 1.50 bits per heavy atom. The van der Waals surface area contributed by atoms with Gasteiger partial charge in [-0.2, -0.15) is 0 Å². The van der Waals surface area contributed by atoms with Gasteiger partial charge in [-0.05, 0) is 12.1 Å². The Kier molecular flexibility index (Phi) is 2.62. The van der Waals surface area contributed by atoms with Gasteiger partial charge in [0.05, 0.1) is 0 Å². The SMILES string of the molecule is NNOC(=O)c1ccccc1O. The third-order valence-corrected chi connectivity index (χ3v) is 1.28. The van der Waals surface area contributed by atoms with Crippen LogP contribution in [0.15, 0.2) is 24.3 Å². The smallest absolute Gasteiger partial charge is 0.361 e. The monoisotopic (exact) mass is 168 g/mol. The lowest BCUT2D eigenvalue weighted by molar-refractivity contribution is 0.0251. The number of nitrogens with two attached hydrogens (primary N) is 1. The number of para-hydroxylation sites is 1. The van der Waals surface area contributed by atoms with Gasteiger partial charge in [0.2, 0.25) is 0 Å². The van der Waals surface area contributed by atoms with Crippen molar-refractivity contribution in [2.45, 2.75) is 0 Å². The van der Waals surface area contributed by atoms with Crippen LogP contribution in [-0.4, -0.2) is 11.1 Å². The molecule has 0 atom stereocenters. The van der Waals surface area contributed by atoms with Crippen molar-refractivity contribution in [1.82, 2.24) is 5.59 Å². The highest BCUT2D eigenvalue weighted by Crippen LogP contribution is 2.15. The van der Waals surface area contributed by atoms with E-state index in [1.807, 2.05) is 0 Å². The zero-order valence-corrected chi connectivity index (χ0v) is 6.15. The maximum Gasteiger partial charge on any atom is 0.361 e. The molecule has 0 bridgehead atoms. The van der Waals surface area contributed by atoms with E-state index in [9.17, 15) is 4.79 Å². The second-order valence-electron chi connectivity index (χ2n) is 2.02. The first-order valence-corrected chi connectivity index (χ1v) is 3.20. The van der Waals surface area contributed by atoms with Crippen molar-refractivity contribution in [2.24, 2.45) is 5.84 Å². The Labute approximate surface area is 68.7 Å².